The van der Waals surface area contributed by atoms with Gasteiger partial charge in [-0.05, 0) is 17.0 Å². The Morgan fingerprint density at radius 3 is 2.57 bits per heavy atom. The standard InChI is InChI=1S/C21H24N4OS2/c26-20(19-16-28-21(23-19)18-6-13-27-15-18)22-7-8-24-9-11-25(12-10-24)14-17-4-2-1-3-5-17/h1-6,13,15-16H,7-12,14H2,(H,22,26). The lowest BCUT2D eigenvalue weighted by atomic mass is 10.2. The largest absolute Gasteiger partial charge is 0.349 e. The average molecular weight is 413 g/mol. The molecule has 4 rings (SSSR count). The second-order valence-corrected chi connectivity index (χ2v) is 8.55. The van der Waals surface area contributed by atoms with E-state index in [-0.39, 0.29) is 5.91 Å². The van der Waals surface area contributed by atoms with Gasteiger partial charge in [-0.1, -0.05) is 30.3 Å². The minimum Gasteiger partial charge on any atom is -0.349 e. The third-order valence-corrected chi connectivity index (χ3v) is 6.51. The number of amides is 1. The van der Waals surface area contributed by atoms with Crippen molar-refractivity contribution in [2.75, 3.05) is 39.3 Å². The molecular formula is C21H24N4OS2. The van der Waals surface area contributed by atoms with Gasteiger partial charge in [-0.2, -0.15) is 11.3 Å². The van der Waals surface area contributed by atoms with E-state index in [0.717, 1.165) is 49.8 Å². The van der Waals surface area contributed by atoms with E-state index in [9.17, 15) is 4.79 Å². The van der Waals surface area contributed by atoms with Gasteiger partial charge in [-0.25, -0.2) is 4.98 Å². The molecule has 1 saturated heterocycles. The van der Waals surface area contributed by atoms with Crippen LogP contribution in [0.5, 0.6) is 0 Å². The summed E-state index contributed by atoms with van der Waals surface area (Å²) in [6, 6.07) is 12.7. The van der Waals surface area contributed by atoms with Crippen LogP contribution < -0.4 is 5.32 Å². The Bertz CT molecular complexity index is 871. The van der Waals surface area contributed by atoms with Crippen molar-refractivity contribution in [1.29, 1.82) is 0 Å². The molecule has 5 nitrogen and oxygen atoms in total. The Hall–Kier alpha value is -2.06. The van der Waals surface area contributed by atoms with Crippen molar-refractivity contribution < 1.29 is 4.79 Å². The molecule has 2 aromatic heterocycles. The third-order valence-electron chi connectivity index (χ3n) is 4.93. The van der Waals surface area contributed by atoms with Crippen molar-refractivity contribution in [3.8, 4) is 10.6 Å². The predicted octanol–water partition coefficient (Wildman–Crippen LogP) is 3.42. The van der Waals surface area contributed by atoms with Crippen LogP contribution in [-0.4, -0.2) is 60.0 Å². The number of carbonyl (C=O) groups is 1. The molecule has 1 aliphatic rings. The zero-order chi connectivity index (χ0) is 19.2. The second-order valence-electron chi connectivity index (χ2n) is 6.91. The number of thiazole rings is 1. The fourth-order valence-corrected chi connectivity index (χ4v) is 4.84. The van der Waals surface area contributed by atoms with E-state index in [1.807, 2.05) is 16.8 Å². The lowest BCUT2D eigenvalue weighted by molar-refractivity contribution is 0.0930. The molecule has 0 saturated carbocycles. The molecule has 0 aliphatic carbocycles. The first kappa shape index (κ1) is 19.3. The van der Waals surface area contributed by atoms with Crippen LogP contribution >= 0.6 is 22.7 Å². The number of rotatable bonds is 7. The number of piperazine rings is 1. The highest BCUT2D eigenvalue weighted by molar-refractivity contribution is 7.14. The molecule has 0 radical (unpaired) electrons. The van der Waals surface area contributed by atoms with Gasteiger partial charge >= 0.3 is 0 Å². The molecule has 1 fully saturated rings. The summed E-state index contributed by atoms with van der Waals surface area (Å²) in [6.45, 7) is 6.78. The molecule has 146 valence electrons. The van der Waals surface area contributed by atoms with Gasteiger partial charge in [0.05, 0.1) is 0 Å². The first-order chi connectivity index (χ1) is 13.8. The molecule has 1 N–H and O–H groups in total. The quantitative estimate of drug-likeness (QED) is 0.646. The maximum atomic E-state index is 12.3. The van der Waals surface area contributed by atoms with Gasteiger partial charge < -0.3 is 5.32 Å². The van der Waals surface area contributed by atoms with Gasteiger partial charge in [0.15, 0.2) is 0 Å². The molecule has 1 amide bonds. The van der Waals surface area contributed by atoms with Crippen LogP contribution in [0, 0.1) is 0 Å². The maximum Gasteiger partial charge on any atom is 0.270 e. The van der Waals surface area contributed by atoms with Gasteiger partial charge in [0, 0.05) is 62.1 Å². The molecule has 7 heteroatoms. The highest BCUT2D eigenvalue weighted by Crippen LogP contribution is 2.25. The van der Waals surface area contributed by atoms with Gasteiger partial charge in [-0.15, -0.1) is 11.3 Å². The summed E-state index contributed by atoms with van der Waals surface area (Å²) in [7, 11) is 0. The van der Waals surface area contributed by atoms with Gasteiger partial charge in [-0.3, -0.25) is 14.6 Å². The zero-order valence-electron chi connectivity index (χ0n) is 15.7. The van der Waals surface area contributed by atoms with Crippen molar-refractivity contribution in [1.82, 2.24) is 20.1 Å². The Balaban J connectivity index is 1.17. The lowest BCUT2D eigenvalue weighted by Crippen LogP contribution is -2.48. The fourth-order valence-electron chi connectivity index (χ4n) is 3.33. The average Bonchev–Trinajstić information content (AvgIpc) is 3.42. The summed E-state index contributed by atoms with van der Waals surface area (Å²) in [5, 5.41) is 9.83. The van der Waals surface area contributed by atoms with E-state index in [2.05, 4.69) is 55.8 Å². The Labute approximate surface area is 173 Å². The molecule has 0 bridgehead atoms. The van der Waals surface area contributed by atoms with E-state index >= 15 is 0 Å². The van der Waals surface area contributed by atoms with Crippen molar-refractivity contribution in [2.45, 2.75) is 6.54 Å². The van der Waals surface area contributed by atoms with Crippen molar-refractivity contribution in [2.24, 2.45) is 0 Å². The van der Waals surface area contributed by atoms with Crippen molar-refractivity contribution in [3.63, 3.8) is 0 Å². The summed E-state index contributed by atoms with van der Waals surface area (Å²) < 4.78 is 0. The number of hydrogen-bond donors (Lipinski definition) is 1. The molecule has 1 aromatic carbocycles. The Morgan fingerprint density at radius 2 is 1.82 bits per heavy atom. The first-order valence-corrected chi connectivity index (χ1v) is 11.3. The van der Waals surface area contributed by atoms with Gasteiger partial charge in [0.1, 0.15) is 10.7 Å². The van der Waals surface area contributed by atoms with Crippen molar-refractivity contribution in [3.05, 3.63) is 63.8 Å². The molecular weight excluding hydrogens is 388 g/mol. The van der Waals surface area contributed by atoms with Crippen molar-refractivity contribution >= 4 is 28.6 Å². The molecule has 1 aliphatic heterocycles. The predicted molar refractivity (Wildman–Crippen MR) is 116 cm³/mol. The number of benzene rings is 1. The Morgan fingerprint density at radius 1 is 1.04 bits per heavy atom. The van der Waals surface area contributed by atoms with Crippen LogP contribution in [0.4, 0.5) is 0 Å². The van der Waals surface area contributed by atoms with Crippen LogP contribution in [0.3, 0.4) is 0 Å². The van der Waals surface area contributed by atoms with E-state index in [0.29, 0.717) is 12.2 Å². The zero-order valence-corrected chi connectivity index (χ0v) is 17.3. The van der Waals surface area contributed by atoms with Gasteiger partial charge in [0.25, 0.3) is 5.91 Å². The summed E-state index contributed by atoms with van der Waals surface area (Å²) in [5.74, 6) is -0.0829. The lowest BCUT2D eigenvalue weighted by Gasteiger charge is -2.34. The van der Waals surface area contributed by atoms with Crippen LogP contribution in [-0.2, 0) is 6.54 Å². The summed E-state index contributed by atoms with van der Waals surface area (Å²) in [4.78, 5) is 21.7. The number of aromatic nitrogens is 1. The number of thiophene rings is 1. The minimum atomic E-state index is -0.0829. The second kappa shape index (κ2) is 9.43. The number of hydrogen-bond acceptors (Lipinski definition) is 6. The van der Waals surface area contributed by atoms with Crippen LogP contribution in [0.2, 0.25) is 0 Å². The first-order valence-electron chi connectivity index (χ1n) is 9.53. The number of nitrogens with zero attached hydrogens (tertiary/aromatic N) is 3. The van der Waals surface area contributed by atoms with E-state index in [4.69, 9.17) is 0 Å². The van der Waals surface area contributed by atoms with Crippen LogP contribution in [0.15, 0.2) is 52.5 Å². The topological polar surface area (TPSA) is 48.5 Å². The molecule has 0 unspecified atom stereocenters. The highest BCUT2D eigenvalue weighted by Gasteiger charge is 2.17. The maximum absolute atomic E-state index is 12.3. The van der Waals surface area contributed by atoms with Crippen LogP contribution in [0.25, 0.3) is 10.6 Å². The van der Waals surface area contributed by atoms with E-state index in [1.165, 1.54) is 16.9 Å². The summed E-state index contributed by atoms with van der Waals surface area (Å²) in [5.41, 5.74) is 2.97. The molecule has 3 aromatic rings. The van der Waals surface area contributed by atoms with Gasteiger partial charge in [0.2, 0.25) is 0 Å². The summed E-state index contributed by atoms with van der Waals surface area (Å²) >= 11 is 3.16. The SMILES string of the molecule is O=C(NCCN1CCN(Cc2ccccc2)CC1)c1csc(-c2ccsc2)n1. The fraction of sp³-hybridized carbons (Fsp3) is 0.333. The van der Waals surface area contributed by atoms with Crippen LogP contribution in [0.1, 0.15) is 16.1 Å². The normalized spacial score (nSPS) is 15.6. The minimum absolute atomic E-state index is 0.0829. The molecule has 0 atom stereocenters. The molecule has 28 heavy (non-hydrogen) atoms. The van der Waals surface area contributed by atoms with E-state index in [1.54, 1.807) is 11.3 Å². The number of carbonyl (C=O) groups excluding carboxylic acids is 1. The molecule has 0 spiro atoms. The monoisotopic (exact) mass is 412 g/mol. The number of nitrogens with one attached hydrogen (secondary N) is 1. The molecule has 3 heterocycles. The van der Waals surface area contributed by atoms with E-state index < -0.39 is 0 Å². The Kier molecular flexibility index (Phi) is 6.49. The highest BCUT2D eigenvalue weighted by atomic mass is 32.1. The third kappa shape index (κ3) is 5.05. The summed E-state index contributed by atoms with van der Waals surface area (Å²) in [6.07, 6.45) is 0. The smallest absolute Gasteiger partial charge is 0.270 e.